The van der Waals surface area contributed by atoms with E-state index in [1.165, 1.54) is 5.56 Å². The van der Waals surface area contributed by atoms with Crippen LogP contribution >= 0.6 is 12.4 Å². The summed E-state index contributed by atoms with van der Waals surface area (Å²) in [5, 5.41) is 8.85. The molecule has 11 heavy (non-hydrogen) atoms. The Bertz CT molecular complexity index is 186. The molecule has 1 rings (SSSR count). The van der Waals surface area contributed by atoms with Crippen molar-refractivity contribution in [2.45, 2.75) is 13.3 Å². The molecule has 0 aliphatic heterocycles. The number of aryl methyl sites for hydroxylation is 1. The number of hydrogen-bond donors (Lipinski definition) is 1. The molecular formula is C8H11ClOZr. The molecule has 3 heteroatoms. The van der Waals surface area contributed by atoms with Crippen LogP contribution in [0.4, 0.5) is 0 Å². The molecule has 0 aromatic heterocycles. The minimum atomic E-state index is 0. The van der Waals surface area contributed by atoms with Gasteiger partial charge in [0.2, 0.25) is 0 Å². The molecule has 0 spiro atoms. The van der Waals surface area contributed by atoms with Gasteiger partial charge in [0.25, 0.3) is 0 Å². The van der Waals surface area contributed by atoms with Gasteiger partial charge in [0.15, 0.2) is 0 Å². The van der Waals surface area contributed by atoms with E-state index in [0.717, 1.165) is 6.42 Å². The van der Waals surface area contributed by atoms with Gasteiger partial charge < -0.3 is 5.11 Å². The SMILES string of the molecule is CCc1ccc(O)cc1.Cl.[Zr]. The Kier molecular flexibility index (Phi) is 8.60. The van der Waals surface area contributed by atoms with E-state index in [2.05, 4.69) is 6.92 Å². The zero-order valence-corrected chi connectivity index (χ0v) is 9.65. The van der Waals surface area contributed by atoms with Gasteiger partial charge >= 0.3 is 0 Å². The Morgan fingerprint density at radius 2 is 1.64 bits per heavy atom. The summed E-state index contributed by atoms with van der Waals surface area (Å²) in [6.07, 6.45) is 1.03. The molecule has 0 radical (unpaired) electrons. The first-order valence-electron chi connectivity index (χ1n) is 3.11. The van der Waals surface area contributed by atoms with Crippen LogP contribution in [-0.2, 0) is 32.6 Å². The fourth-order valence-corrected chi connectivity index (χ4v) is 0.732. The van der Waals surface area contributed by atoms with E-state index in [4.69, 9.17) is 5.11 Å². The molecule has 0 saturated heterocycles. The number of rotatable bonds is 1. The molecule has 0 aliphatic carbocycles. The molecule has 1 aromatic rings. The number of phenols is 1. The molecule has 0 amide bonds. The molecule has 1 nitrogen and oxygen atoms in total. The van der Waals surface area contributed by atoms with Crippen molar-refractivity contribution in [3.8, 4) is 5.75 Å². The number of halogens is 1. The first-order chi connectivity index (χ1) is 4.33. The predicted octanol–water partition coefficient (Wildman–Crippen LogP) is 2.37. The fraction of sp³-hybridized carbons (Fsp3) is 0.250. The van der Waals surface area contributed by atoms with Gasteiger partial charge in [-0.3, -0.25) is 0 Å². The quantitative estimate of drug-likeness (QED) is 0.811. The van der Waals surface area contributed by atoms with Gasteiger partial charge in [-0.05, 0) is 24.1 Å². The van der Waals surface area contributed by atoms with Crippen LogP contribution in [0.25, 0.3) is 0 Å². The predicted molar refractivity (Wildman–Crippen MR) is 44.7 cm³/mol. The Labute approximate surface area is 92.4 Å². The van der Waals surface area contributed by atoms with Crippen molar-refractivity contribution in [1.29, 1.82) is 0 Å². The third-order valence-corrected chi connectivity index (χ3v) is 1.34. The van der Waals surface area contributed by atoms with Crippen molar-refractivity contribution in [2.24, 2.45) is 0 Å². The summed E-state index contributed by atoms with van der Waals surface area (Å²) in [6, 6.07) is 7.27. The van der Waals surface area contributed by atoms with E-state index in [1.54, 1.807) is 12.1 Å². The standard InChI is InChI=1S/C8H10O.ClH.Zr/c1-2-7-3-5-8(9)6-4-7;;/h3-6,9H,2H2,1H3;1H;. The van der Waals surface area contributed by atoms with Crippen molar-refractivity contribution in [3.63, 3.8) is 0 Å². The van der Waals surface area contributed by atoms with E-state index in [-0.39, 0.29) is 38.6 Å². The van der Waals surface area contributed by atoms with Gasteiger partial charge in [-0.25, -0.2) is 0 Å². The minimum absolute atomic E-state index is 0. The van der Waals surface area contributed by atoms with Gasteiger partial charge in [0, 0.05) is 26.2 Å². The molecule has 0 atom stereocenters. The van der Waals surface area contributed by atoms with Crippen LogP contribution in [0.5, 0.6) is 5.75 Å². The van der Waals surface area contributed by atoms with Crippen molar-refractivity contribution < 1.29 is 31.3 Å². The van der Waals surface area contributed by atoms with E-state index >= 15 is 0 Å². The third-order valence-electron chi connectivity index (χ3n) is 1.34. The van der Waals surface area contributed by atoms with E-state index in [9.17, 15) is 0 Å². The molecule has 1 aromatic carbocycles. The summed E-state index contributed by atoms with van der Waals surface area (Å²) in [4.78, 5) is 0. The van der Waals surface area contributed by atoms with Crippen LogP contribution in [0, 0.1) is 0 Å². The van der Waals surface area contributed by atoms with Crippen LogP contribution in [0.2, 0.25) is 0 Å². The van der Waals surface area contributed by atoms with Crippen molar-refractivity contribution >= 4 is 12.4 Å². The molecule has 60 valence electrons. The number of phenolic OH excluding ortho intramolecular Hbond substituents is 1. The van der Waals surface area contributed by atoms with Gasteiger partial charge in [0.1, 0.15) is 5.75 Å². The second-order valence-electron chi connectivity index (χ2n) is 2.02. The minimum Gasteiger partial charge on any atom is -0.508 e. The molecule has 0 fully saturated rings. The van der Waals surface area contributed by atoms with Gasteiger partial charge in [-0.1, -0.05) is 19.1 Å². The zero-order chi connectivity index (χ0) is 6.69. The van der Waals surface area contributed by atoms with Gasteiger partial charge in [-0.15, -0.1) is 12.4 Å². The Morgan fingerprint density at radius 1 is 1.18 bits per heavy atom. The molecule has 0 unspecified atom stereocenters. The summed E-state index contributed by atoms with van der Waals surface area (Å²) in [6.45, 7) is 2.09. The van der Waals surface area contributed by atoms with Crippen molar-refractivity contribution in [1.82, 2.24) is 0 Å². The topological polar surface area (TPSA) is 20.2 Å². The average molecular weight is 250 g/mol. The monoisotopic (exact) mass is 248 g/mol. The third kappa shape index (κ3) is 4.60. The average Bonchev–Trinajstić information content (AvgIpc) is 1.90. The van der Waals surface area contributed by atoms with Crippen LogP contribution in [0.3, 0.4) is 0 Å². The molecule has 0 bridgehead atoms. The first-order valence-corrected chi connectivity index (χ1v) is 3.11. The second-order valence-corrected chi connectivity index (χ2v) is 2.02. The molecular weight excluding hydrogens is 239 g/mol. The van der Waals surface area contributed by atoms with Crippen molar-refractivity contribution in [2.75, 3.05) is 0 Å². The van der Waals surface area contributed by atoms with Crippen LogP contribution in [0.15, 0.2) is 24.3 Å². The Hall–Kier alpha value is 0.193. The maximum atomic E-state index is 8.85. The van der Waals surface area contributed by atoms with E-state index in [1.807, 2.05) is 12.1 Å². The van der Waals surface area contributed by atoms with Crippen LogP contribution < -0.4 is 0 Å². The van der Waals surface area contributed by atoms with Crippen LogP contribution in [0.1, 0.15) is 12.5 Å². The summed E-state index contributed by atoms with van der Waals surface area (Å²) < 4.78 is 0. The summed E-state index contributed by atoms with van der Waals surface area (Å²) >= 11 is 0. The molecule has 0 aliphatic rings. The van der Waals surface area contributed by atoms with Crippen molar-refractivity contribution in [3.05, 3.63) is 29.8 Å². The Morgan fingerprint density at radius 3 is 2.00 bits per heavy atom. The van der Waals surface area contributed by atoms with Crippen LogP contribution in [-0.4, -0.2) is 5.11 Å². The summed E-state index contributed by atoms with van der Waals surface area (Å²) in [5.41, 5.74) is 1.26. The number of hydrogen-bond acceptors (Lipinski definition) is 1. The molecule has 1 N–H and O–H groups in total. The zero-order valence-electron chi connectivity index (χ0n) is 6.37. The molecule has 0 heterocycles. The van der Waals surface area contributed by atoms with Gasteiger partial charge in [0.05, 0.1) is 0 Å². The normalized spacial score (nSPS) is 7.73. The van der Waals surface area contributed by atoms with E-state index in [0.29, 0.717) is 5.75 Å². The fourth-order valence-electron chi connectivity index (χ4n) is 0.732. The largest absolute Gasteiger partial charge is 0.508 e. The summed E-state index contributed by atoms with van der Waals surface area (Å²) in [7, 11) is 0. The maximum Gasteiger partial charge on any atom is 0.115 e. The first kappa shape index (κ1) is 13.8. The maximum absolute atomic E-state index is 8.85. The Balaban J connectivity index is 0. The number of aromatic hydroxyl groups is 1. The second kappa shape index (κ2) is 6.88. The van der Waals surface area contributed by atoms with E-state index < -0.39 is 0 Å². The summed E-state index contributed by atoms with van der Waals surface area (Å²) in [5.74, 6) is 0.340. The molecule has 0 saturated carbocycles. The smallest absolute Gasteiger partial charge is 0.115 e. The van der Waals surface area contributed by atoms with Gasteiger partial charge in [-0.2, -0.15) is 0 Å². The number of benzene rings is 1.